The number of anilines is 3. The zero-order chi connectivity index (χ0) is 41.7. The van der Waals surface area contributed by atoms with Crippen molar-refractivity contribution in [3.8, 4) is 50.2 Å². The summed E-state index contributed by atoms with van der Waals surface area (Å²) in [5, 5.41) is 2.52. The second-order valence-electron chi connectivity index (χ2n) is 18.1. The fourth-order valence-corrected chi connectivity index (χ4v) is 11.1. The summed E-state index contributed by atoms with van der Waals surface area (Å²) in [4.78, 5) is 2.49. The molecule has 0 saturated heterocycles. The fourth-order valence-electron chi connectivity index (χ4n) is 11.1. The molecule has 0 saturated carbocycles. The van der Waals surface area contributed by atoms with Crippen LogP contribution in [0.25, 0.3) is 72.0 Å². The van der Waals surface area contributed by atoms with Gasteiger partial charge in [0, 0.05) is 44.2 Å². The molecule has 0 radical (unpaired) electrons. The van der Waals surface area contributed by atoms with E-state index in [1.165, 1.54) is 94.3 Å². The van der Waals surface area contributed by atoms with Crippen LogP contribution in [0.2, 0.25) is 0 Å². The lowest BCUT2D eigenvalue weighted by molar-refractivity contribution is 0.660. The third-order valence-electron chi connectivity index (χ3n) is 14.0. The van der Waals surface area contributed by atoms with Crippen molar-refractivity contribution in [1.82, 2.24) is 4.57 Å². The normalized spacial score (nSPS) is 14.1. The molecule has 9 aromatic carbocycles. The molecular formula is C60H46N2. The maximum atomic E-state index is 2.49. The molecular weight excluding hydrogens is 749 g/mol. The summed E-state index contributed by atoms with van der Waals surface area (Å²) >= 11 is 0. The minimum Gasteiger partial charge on any atom is -0.310 e. The van der Waals surface area contributed by atoms with Gasteiger partial charge in [-0.15, -0.1) is 0 Å². The minimum atomic E-state index is -0.123. The van der Waals surface area contributed by atoms with Gasteiger partial charge in [-0.2, -0.15) is 0 Å². The van der Waals surface area contributed by atoms with Crippen molar-refractivity contribution in [2.24, 2.45) is 0 Å². The van der Waals surface area contributed by atoms with Gasteiger partial charge in [-0.1, -0.05) is 179 Å². The number of para-hydroxylation sites is 2. The predicted molar refractivity (Wildman–Crippen MR) is 261 cm³/mol. The number of nitrogens with zero attached hydrogens (tertiary/aromatic N) is 2. The minimum absolute atomic E-state index is 0.0705. The summed E-state index contributed by atoms with van der Waals surface area (Å²) in [7, 11) is 0. The molecule has 1 heterocycles. The smallest absolute Gasteiger partial charge is 0.0547 e. The lowest BCUT2D eigenvalue weighted by atomic mass is 9.82. The third-order valence-corrected chi connectivity index (χ3v) is 14.0. The van der Waals surface area contributed by atoms with Crippen molar-refractivity contribution in [2.75, 3.05) is 4.90 Å². The highest BCUT2D eigenvalue weighted by Gasteiger charge is 2.39. The molecule has 0 aliphatic heterocycles. The molecule has 1 aromatic heterocycles. The van der Waals surface area contributed by atoms with Crippen LogP contribution < -0.4 is 4.90 Å². The predicted octanol–water partition coefficient (Wildman–Crippen LogP) is 16.2. The van der Waals surface area contributed by atoms with E-state index in [1.807, 2.05) is 0 Å². The van der Waals surface area contributed by atoms with E-state index in [-0.39, 0.29) is 10.8 Å². The van der Waals surface area contributed by atoms with E-state index in [4.69, 9.17) is 0 Å². The highest BCUT2D eigenvalue weighted by atomic mass is 15.1. The average molecular weight is 795 g/mol. The summed E-state index contributed by atoms with van der Waals surface area (Å²) in [6, 6.07) is 76.5. The molecule has 2 heteroatoms. The maximum Gasteiger partial charge on any atom is 0.0547 e. The Kier molecular flexibility index (Phi) is 7.96. The van der Waals surface area contributed by atoms with Gasteiger partial charge in [0.15, 0.2) is 0 Å². The van der Waals surface area contributed by atoms with Crippen LogP contribution >= 0.6 is 0 Å². The molecule has 0 unspecified atom stereocenters. The Morgan fingerprint density at radius 2 is 0.919 bits per heavy atom. The standard InChI is InChI=1S/C60H46N2/c1-59(2)49-27-11-8-22-46(49)56-45(25-15-29-51(56)59)40-18-14-21-43(38-40)61(55-33-17-30-52-58(55)47-23-9-12-28-50(47)60(52,3)4)42-36-34-39(35-37-42)44-26-16-32-54-57(44)48-24-10-13-31-53(48)62(54)41-19-6-5-7-20-41/h5-38H,1-4H3. The first kappa shape index (κ1) is 36.4. The van der Waals surface area contributed by atoms with Crippen LogP contribution in [0.4, 0.5) is 17.1 Å². The summed E-state index contributed by atoms with van der Waals surface area (Å²) in [5.74, 6) is 0. The molecule has 0 spiro atoms. The Morgan fingerprint density at radius 3 is 1.68 bits per heavy atom. The van der Waals surface area contributed by atoms with Gasteiger partial charge in [0.25, 0.3) is 0 Å². The zero-order valence-corrected chi connectivity index (χ0v) is 35.5. The van der Waals surface area contributed by atoms with Crippen LogP contribution in [0.3, 0.4) is 0 Å². The molecule has 2 nitrogen and oxygen atoms in total. The lowest BCUT2D eigenvalue weighted by Gasteiger charge is -2.29. The van der Waals surface area contributed by atoms with Crippen molar-refractivity contribution in [2.45, 2.75) is 38.5 Å². The monoisotopic (exact) mass is 794 g/mol. The van der Waals surface area contributed by atoms with Crippen molar-refractivity contribution in [3.63, 3.8) is 0 Å². The Bertz CT molecular complexity index is 3400. The molecule has 12 rings (SSSR count). The van der Waals surface area contributed by atoms with E-state index < -0.39 is 0 Å². The molecule has 0 fully saturated rings. The van der Waals surface area contributed by atoms with Crippen LogP contribution in [-0.4, -0.2) is 4.57 Å². The van der Waals surface area contributed by atoms with Crippen LogP contribution in [0.5, 0.6) is 0 Å². The Balaban J connectivity index is 1.05. The van der Waals surface area contributed by atoms with Crippen LogP contribution in [0, 0.1) is 0 Å². The summed E-state index contributed by atoms with van der Waals surface area (Å²) in [5.41, 5.74) is 22.5. The van der Waals surface area contributed by atoms with Gasteiger partial charge in [-0.3, -0.25) is 0 Å². The molecule has 0 N–H and O–H groups in total. The summed E-state index contributed by atoms with van der Waals surface area (Å²) in [6.45, 7) is 9.46. The van der Waals surface area contributed by atoms with E-state index >= 15 is 0 Å². The highest BCUT2D eigenvalue weighted by molar-refractivity contribution is 6.16. The molecule has 10 aromatic rings. The van der Waals surface area contributed by atoms with E-state index in [0.717, 1.165) is 17.1 Å². The zero-order valence-electron chi connectivity index (χ0n) is 35.5. The van der Waals surface area contributed by atoms with Gasteiger partial charge in [0.05, 0.1) is 16.7 Å². The number of benzene rings is 9. The molecule has 2 aliphatic carbocycles. The second kappa shape index (κ2) is 13.5. The van der Waals surface area contributed by atoms with Crippen molar-refractivity contribution < 1.29 is 0 Å². The fraction of sp³-hybridized carbons (Fsp3) is 0.100. The van der Waals surface area contributed by atoms with E-state index in [2.05, 4.69) is 243 Å². The summed E-state index contributed by atoms with van der Waals surface area (Å²) in [6.07, 6.45) is 0. The third kappa shape index (κ3) is 5.23. The SMILES string of the molecule is CC1(C)c2ccccc2-c2c(-c3cccc(N(c4ccc(-c5cccc6c5c5ccccc5n6-c5ccccc5)cc4)c4cccc5c4-c4ccccc4C5(C)C)c3)cccc21. The van der Waals surface area contributed by atoms with Crippen molar-refractivity contribution >= 4 is 38.9 Å². The topological polar surface area (TPSA) is 8.17 Å². The molecule has 0 amide bonds. The van der Waals surface area contributed by atoms with Gasteiger partial charge in [0.1, 0.15) is 0 Å². The van der Waals surface area contributed by atoms with Gasteiger partial charge in [0.2, 0.25) is 0 Å². The number of fused-ring (bicyclic) bond motifs is 9. The van der Waals surface area contributed by atoms with Gasteiger partial charge in [-0.05, 0) is 116 Å². The molecule has 0 bridgehead atoms. The molecule has 0 atom stereocenters. The molecule has 296 valence electrons. The lowest BCUT2D eigenvalue weighted by Crippen LogP contribution is -2.16. The number of hydrogen-bond donors (Lipinski definition) is 0. The quantitative estimate of drug-likeness (QED) is 0.163. The Hall–Kier alpha value is -7.42. The van der Waals surface area contributed by atoms with Gasteiger partial charge < -0.3 is 9.47 Å². The van der Waals surface area contributed by atoms with E-state index in [0.29, 0.717) is 0 Å². The number of aromatic nitrogens is 1. The molecule has 2 aliphatic rings. The van der Waals surface area contributed by atoms with Crippen LogP contribution in [0.1, 0.15) is 49.9 Å². The molecule has 62 heavy (non-hydrogen) atoms. The number of rotatable bonds is 6. The average Bonchev–Trinajstić information content (AvgIpc) is 3.87. The van der Waals surface area contributed by atoms with E-state index in [1.54, 1.807) is 0 Å². The van der Waals surface area contributed by atoms with Crippen LogP contribution in [0.15, 0.2) is 206 Å². The first-order chi connectivity index (χ1) is 30.3. The Morgan fingerprint density at radius 1 is 0.371 bits per heavy atom. The Labute approximate surface area is 364 Å². The van der Waals surface area contributed by atoms with Crippen molar-refractivity contribution in [1.29, 1.82) is 0 Å². The van der Waals surface area contributed by atoms with Gasteiger partial charge in [-0.25, -0.2) is 0 Å². The highest BCUT2D eigenvalue weighted by Crippen LogP contribution is 2.56. The van der Waals surface area contributed by atoms with Gasteiger partial charge >= 0.3 is 0 Å². The van der Waals surface area contributed by atoms with E-state index in [9.17, 15) is 0 Å². The first-order valence-corrected chi connectivity index (χ1v) is 21.9. The second-order valence-corrected chi connectivity index (χ2v) is 18.1. The van der Waals surface area contributed by atoms with Crippen LogP contribution in [-0.2, 0) is 10.8 Å². The first-order valence-electron chi connectivity index (χ1n) is 21.9. The number of hydrogen-bond acceptors (Lipinski definition) is 1. The van der Waals surface area contributed by atoms with Crippen molar-refractivity contribution in [3.05, 3.63) is 229 Å². The summed E-state index contributed by atoms with van der Waals surface area (Å²) < 4.78 is 2.40. The largest absolute Gasteiger partial charge is 0.310 e. The maximum absolute atomic E-state index is 2.49.